The zero-order valence-electron chi connectivity index (χ0n) is 37.5. The average molecular weight is 866 g/mol. The van der Waals surface area contributed by atoms with E-state index in [1.165, 1.54) is 96.3 Å². The molecule has 0 fully saturated rings. The molecule has 0 aliphatic rings. The number of aliphatic carboxylic acids is 1. The van der Waals surface area contributed by atoms with Gasteiger partial charge in [0, 0.05) is 12.8 Å². The van der Waals surface area contributed by atoms with Gasteiger partial charge in [-0.25, -0.2) is 4.57 Å². The number of phosphoric ester groups is 1. The highest BCUT2D eigenvalue weighted by molar-refractivity contribution is 7.47. The average Bonchev–Trinajstić information content (AvgIpc) is 3.22. The summed E-state index contributed by atoms with van der Waals surface area (Å²) in [4.78, 5) is 46.0. The second-order valence-electron chi connectivity index (χ2n) is 15.5. The minimum absolute atomic E-state index is 0.143. The van der Waals surface area contributed by atoms with E-state index in [-0.39, 0.29) is 19.4 Å². The molecular weight excluding hydrogens is 781 g/mol. The van der Waals surface area contributed by atoms with Gasteiger partial charge in [-0.2, -0.15) is 0 Å². The van der Waals surface area contributed by atoms with E-state index in [0.717, 1.165) is 51.4 Å². The largest absolute Gasteiger partial charge is 0.480 e. The first-order valence-corrected chi connectivity index (χ1v) is 24.8. The number of carbonyl (C=O) groups is 3. The Morgan fingerprint density at radius 3 is 1.38 bits per heavy atom. The van der Waals surface area contributed by atoms with Crippen LogP contribution in [-0.2, 0) is 37.5 Å². The quantitative estimate of drug-likeness (QED) is 0.0230. The number of rotatable bonds is 43. The summed E-state index contributed by atoms with van der Waals surface area (Å²) in [6.45, 7) is 2.65. The van der Waals surface area contributed by atoms with Crippen LogP contribution in [-0.4, -0.2) is 59.9 Å². The molecule has 0 aromatic heterocycles. The topological polar surface area (TPSA) is 172 Å². The van der Waals surface area contributed by atoms with Gasteiger partial charge in [-0.1, -0.05) is 190 Å². The Morgan fingerprint density at radius 1 is 0.533 bits per heavy atom. The molecule has 0 amide bonds. The van der Waals surface area contributed by atoms with Gasteiger partial charge in [0.05, 0.1) is 13.2 Å². The van der Waals surface area contributed by atoms with Crippen molar-refractivity contribution in [1.29, 1.82) is 0 Å². The maximum absolute atomic E-state index is 12.7. The Morgan fingerprint density at radius 2 is 0.933 bits per heavy atom. The minimum Gasteiger partial charge on any atom is -0.480 e. The molecule has 4 N–H and O–H groups in total. The second kappa shape index (κ2) is 42.9. The molecule has 60 heavy (non-hydrogen) atoms. The number of unbranched alkanes of at least 4 members (excludes halogenated alkanes) is 19. The third kappa shape index (κ3) is 41.9. The van der Waals surface area contributed by atoms with Crippen molar-refractivity contribution < 1.29 is 47.5 Å². The summed E-state index contributed by atoms with van der Waals surface area (Å²) < 4.78 is 32.7. The van der Waals surface area contributed by atoms with E-state index in [0.29, 0.717) is 19.3 Å². The van der Waals surface area contributed by atoms with Crippen LogP contribution < -0.4 is 5.73 Å². The standard InChI is InChI=1S/C48H84NO10P/c1-3-5-7-9-11-13-15-17-19-21-22-24-26-28-30-32-34-36-38-40-47(51)59-44(42-57-60(54,55)58-43-45(49)48(52)53)41-56-46(50)39-37-35-33-31-29-27-25-23-20-18-16-14-12-10-8-6-4-2/h6,8,12,14,18,20,25,27,31,33,44-45H,3-5,7,9-11,13,15-17,19,21-24,26,28-30,32,34-43,49H2,1-2H3,(H,52,53)(H,54,55)/b8-6+,14-12+,20-18+,27-25+,33-31+/t44-,45+/m1/s1. The van der Waals surface area contributed by atoms with E-state index in [1.807, 2.05) is 12.2 Å². The Hall–Kier alpha value is -2.82. The molecular formula is C48H84NO10P. The van der Waals surface area contributed by atoms with E-state index >= 15 is 0 Å². The number of hydrogen-bond donors (Lipinski definition) is 3. The van der Waals surface area contributed by atoms with E-state index < -0.39 is 51.1 Å². The number of allylic oxidation sites excluding steroid dienone is 10. The lowest BCUT2D eigenvalue weighted by Crippen LogP contribution is -2.34. The van der Waals surface area contributed by atoms with Crippen molar-refractivity contribution in [3.63, 3.8) is 0 Å². The zero-order valence-corrected chi connectivity index (χ0v) is 38.4. The Kier molecular flexibility index (Phi) is 40.8. The summed E-state index contributed by atoms with van der Waals surface area (Å²) in [6, 6.07) is -1.53. The van der Waals surface area contributed by atoms with E-state index in [4.69, 9.17) is 24.8 Å². The fraction of sp³-hybridized carbons (Fsp3) is 0.729. The van der Waals surface area contributed by atoms with Gasteiger partial charge in [-0.3, -0.25) is 23.4 Å². The van der Waals surface area contributed by atoms with Crippen LogP contribution in [0.2, 0.25) is 0 Å². The minimum atomic E-state index is -4.73. The lowest BCUT2D eigenvalue weighted by Gasteiger charge is -2.20. The SMILES string of the molecule is CC/C=C/C/C=C/C/C=C/C/C=C/C/C=C/CCCC(=O)OC[C@H](COP(=O)(O)OC[C@H](N)C(=O)O)OC(=O)CCCCCCCCCCCCCCCCCCCCC. The highest BCUT2D eigenvalue weighted by atomic mass is 31.2. The van der Waals surface area contributed by atoms with Crippen LogP contribution in [0.5, 0.6) is 0 Å². The normalized spacial score (nSPS) is 14.2. The van der Waals surface area contributed by atoms with Crippen molar-refractivity contribution in [2.75, 3.05) is 19.8 Å². The first-order chi connectivity index (χ1) is 29.1. The number of ether oxygens (including phenoxy) is 2. The third-order valence-electron chi connectivity index (χ3n) is 9.78. The van der Waals surface area contributed by atoms with Gasteiger partial charge in [0.1, 0.15) is 12.6 Å². The molecule has 0 rings (SSSR count). The molecule has 0 bridgehead atoms. The summed E-state index contributed by atoms with van der Waals surface area (Å²) >= 11 is 0. The smallest absolute Gasteiger partial charge is 0.472 e. The van der Waals surface area contributed by atoms with Crippen molar-refractivity contribution in [3.05, 3.63) is 60.8 Å². The van der Waals surface area contributed by atoms with Gasteiger partial charge in [0.25, 0.3) is 0 Å². The van der Waals surface area contributed by atoms with Gasteiger partial charge in [-0.15, -0.1) is 0 Å². The Bertz CT molecular complexity index is 1250. The van der Waals surface area contributed by atoms with Crippen LogP contribution >= 0.6 is 7.82 Å². The molecule has 3 atom stereocenters. The predicted molar refractivity (Wildman–Crippen MR) is 245 cm³/mol. The maximum Gasteiger partial charge on any atom is 0.472 e. The van der Waals surface area contributed by atoms with E-state index in [9.17, 15) is 23.8 Å². The van der Waals surface area contributed by atoms with Crippen LogP contribution in [0.25, 0.3) is 0 Å². The number of nitrogens with two attached hydrogens (primary N) is 1. The lowest BCUT2D eigenvalue weighted by atomic mass is 10.0. The predicted octanol–water partition coefficient (Wildman–Crippen LogP) is 12.7. The van der Waals surface area contributed by atoms with Crippen molar-refractivity contribution >= 4 is 25.7 Å². The number of carboxylic acid groups (broad SMARTS) is 1. The zero-order chi connectivity index (χ0) is 44.2. The van der Waals surface area contributed by atoms with Crippen molar-refractivity contribution in [3.8, 4) is 0 Å². The molecule has 0 aliphatic heterocycles. The molecule has 1 unspecified atom stereocenters. The molecule has 0 aromatic carbocycles. The first-order valence-electron chi connectivity index (χ1n) is 23.3. The summed E-state index contributed by atoms with van der Waals surface area (Å²) in [5, 5.41) is 8.90. The number of phosphoric acid groups is 1. The monoisotopic (exact) mass is 866 g/mol. The summed E-state index contributed by atoms with van der Waals surface area (Å²) in [6.07, 6.45) is 50.1. The van der Waals surface area contributed by atoms with Gasteiger partial charge in [-0.05, 0) is 51.4 Å². The fourth-order valence-electron chi connectivity index (χ4n) is 6.16. The number of hydrogen-bond acceptors (Lipinski definition) is 9. The molecule has 0 saturated carbocycles. The molecule has 346 valence electrons. The lowest BCUT2D eigenvalue weighted by molar-refractivity contribution is -0.161. The van der Waals surface area contributed by atoms with Crippen molar-refractivity contribution in [1.82, 2.24) is 0 Å². The molecule has 0 aromatic rings. The molecule has 11 nitrogen and oxygen atoms in total. The molecule has 12 heteroatoms. The summed E-state index contributed by atoms with van der Waals surface area (Å²) in [5.41, 5.74) is 5.34. The van der Waals surface area contributed by atoms with Gasteiger partial charge in [0.15, 0.2) is 6.10 Å². The van der Waals surface area contributed by atoms with Crippen molar-refractivity contribution in [2.24, 2.45) is 5.73 Å². The van der Waals surface area contributed by atoms with E-state index in [1.54, 1.807) is 0 Å². The Labute approximate surface area is 364 Å². The molecule has 0 aliphatic carbocycles. The van der Waals surface area contributed by atoms with Crippen LogP contribution in [0.15, 0.2) is 60.8 Å². The Balaban J connectivity index is 4.38. The molecule has 0 saturated heterocycles. The summed E-state index contributed by atoms with van der Waals surface area (Å²) in [7, 11) is -4.73. The van der Waals surface area contributed by atoms with Gasteiger partial charge < -0.3 is 25.2 Å². The number of esters is 2. The highest BCUT2D eigenvalue weighted by Crippen LogP contribution is 2.43. The van der Waals surface area contributed by atoms with Crippen LogP contribution in [0.4, 0.5) is 0 Å². The summed E-state index contributed by atoms with van der Waals surface area (Å²) in [5.74, 6) is -2.45. The van der Waals surface area contributed by atoms with Gasteiger partial charge >= 0.3 is 25.7 Å². The fourth-order valence-corrected chi connectivity index (χ4v) is 6.94. The number of carbonyl (C=O) groups excluding carboxylic acids is 2. The van der Waals surface area contributed by atoms with Crippen LogP contribution in [0, 0.1) is 0 Å². The first kappa shape index (κ1) is 57.2. The van der Waals surface area contributed by atoms with Gasteiger partial charge in [0.2, 0.25) is 0 Å². The van der Waals surface area contributed by atoms with E-state index in [2.05, 4.69) is 67.0 Å². The van der Waals surface area contributed by atoms with Crippen molar-refractivity contribution in [2.45, 2.75) is 206 Å². The third-order valence-corrected chi connectivity index (χ3v) is 10.7. The second-order valence-corrected chi connectivity index (χ2v) is 17.0. The highest BCUT2D eigenvalue weighted by Gasteiger charge is 2.28. The molecule has 0 spiro atoms. The van der Waals surface area contributed by atoms with Crippen LogP contribution in [0.3, 0.4) is 0 Å². The molecule has 0 heterocycles. The van der Waals surface area contributed by atoms with Crippen LogP contribution in [0.1, 0.15) is 194 Å². The molecule has 0 radical (unpaired) electrons. The maximum atomic E-state index is 12.7. The number of carboxylic acids is 1.